The van der Waals surface area contributed by atoms with Gasteiger partial charge in [-0.2, -0.15) is 0 Å². The van der Waals surface area contributed by atoms with Crippen molar-refractivity contribution in [3.63, 3.8) is 0 Å². The molecule has 4 heteroatoms. The van der Waals surface area contributed by atoms with Crippen molar-refractivity contribution in [1.29, 1.82) is 0 Å². The molecule has 114 valence electrons. The summed E-state index contributed by atoms with van der Waals surface area (Å²) < 4.78 is 0. The SMILES string of the molecule is Cc1ccc2c(NC[C@@](C)(O)CCCO)ccnc2c1C. The first-order valence-electron chi connectivity index (χ1n) is 7.36. The summed E-state index contributed by atoms with van der Waals surface area (Å²) >= 11 is 0. The second-order valence-corrected chi connectivity index (χ2v) is 5.94. The summed E-state index contributed by atoms with van der Waals surface area (Å²) in [7, 11) is 0. The lowest BCUT2D eigenvalue weighted by atomic mass is 10.00. The number of hydrogen-bond donors (Lipinski definition) is 3. The van der Waals surface area contributed by atoms with Crippen LogP contribution in [0.1, 0.15) is 30.9 Å². The zero-order valence-electron chi connectivity index (χ0n) is 13.0. The molecule has 0 spiro atoms. The highest BCUT2D eigenvalue weighted by Gasteiger charge is 2.19. The van der Waals surface area contributed by atoms with Crippen LogP contribution < -0.4 is 5.32 Å². The van der Waals surface area contributed by atoms with E-state index in [1.54, 1.807) is 13.1 Å². The predicted molar refractivity (Wildman–Crippen MR) is 86.7 cm³/mol. The molecule has 3 N–H and O–H groups in total. The van der Waals surface area contributed by atoms with Crippen molar-refractivity contribution in [1.82, 2.24) is 4.98 Å². The van der Waals surface area contributed by atoms with Crippen LogP contribution in [-0.4, -0.2) is 33.9 Å². The Labute approximate surface area is 125 Å². The molecule has 0 saturated carbocycles. The Bertz CT molecular complexity index is 623. The van der Waals surface area contributed by atoms with Crippen molar-refractivity contribution >= 4 is 16.6 Å². The standard InChI is InChI=1S/C17H24N2O2/c1-12-5-6-14-15(7-9-18-16(14)13(12)2)19-11-17(3,21)8-4-10-20/h5-7,9,20-21H,4,8,10-11H2,1-3H3,(H,18,19)/t17-/m0/s1. The number of aliphatic hydroxyl groups is 2. The molecule has 21 heavy (non-hydrogen) atoms. The van der Waals surface area contributed by atoms with Gasteiger partial charge in [0, 0.05) is 30.4 Å². The highest BCUT2D eigenvalue weighted by atomic mass is 16.3. The average Bonchev–Trinajstić information content (AvgIpc) is 2.47. The molecule has 1 atom stereocenters. The van der Waals surface area contributed by atoms with Crippen LogP contribution >= 0.6 is 0 Å². The Hall–Kier alpha value is -1.65. The van der Waals surface area contributed by atoms with Crippen LogP contribution in [0.15, 0.2) is 24.4 Å². The molecule has 0 radical (unpaired) electrons. The van der Waals surface area contributed by atoms with Gasteiger partial charge in [0.2, 0.25) is 0 Å². The minimum Gasteiger partial charge on any atom is -0.396 e. The summed E-state index contributed by atoms with van der Waals surface area (Å²) in [4.78, 5) is 4.46. The van der Waals surface area contributed by atoms with Gasteiger partial charge in [-0.15, -0.1) is 0 Å². The number of nitrogens with zero attached hydrogens (tertiary/aromatic N) is 1. The van der Waals surface area contributed by atoms with Gasteiger partial charge in [0.15, 0.2) is 0 Å². The quantitative estimate of drug-likeness (QED) is 0.764. The fourth-order valence-corrected chi connectivity index (χ4v) is 2.45. The number of aliphatic hydroxyl groups excluding tert-OH is 1. The molecule has 0 aliphatic heterocycles. The van der Waals surface area contributed by atoms with Gasteiger partial charge in [-0.25, -0.2) is 0 Å². The zero-order chi connectivity index (χ0) is 15.5. The van der Waals surface area contributed by atoms with Crippen LogP contribution in [0.4, 0.5) is 5.69 Å². The second-order valence-electron chi connectivity index (χ2n) is 5.94. The summed E-state index contributed by atoms with van der Waals surface area (Å²) in [6.45, 7) is 6.49. The van der Waals surface area contributed by atoms with E-state index < -0.39 is 5.60 Å². The lowest BCUT2D eigenvalue weighted by Crippen LogP contribution is -2.33. The minimum atomic E-state index is -0.835. The molecule has 0 aliphatic rings. The monoisotopic (exact) mass is 288 g/mol. The van der Waals surface area contributed by atoms with E-state index in [4.69, 9.17) is 5.11 Å². The first kappa shape index (κ1) is 15.7. The van der Waals surface area contributed by atoms with Crippen molar-refractivity contribution in [3.8, 4) is 0 Å². The van der Waals surface area contributed by atoms with Gasteiger partial charge in [0.25, 0.3) is 0 Å². The van der Waals surface area contributed by atoms with E-state index in [9.17, 15) is 5.11 Å². The van der Waals surface area contributed by atoms with Crippen LogP contribution in [0.3, 0.4) is 0 Å². The van der Waals surface area contributed by atoms with E-state index in [0.29, 0.717) is 19.4 Å². The van der Waals surface area contributed by atoms with Crippen molar-refractivity contribution in [3.05, 3.63) is 35.5 Å². The van der Waals surface area contributed by atoms with E-state index in [1.165, 1.54) is 11.1 Å². The topological polar surface area (TPSA) is 65.4 Å². The molecule has 1 aromatic heterocycles. The molecule has 0 aliphatic carbocycles. The third-order valence-electron chi connectivity index (χ3n) is 3.97. The van der Waals surface area contributed by atoms with Gasteiger partial charge >= 0.3 is 0 Å². The molecule has 1 aromatic carbocycles. The first-order valence-corrected chi connectivity index (χ1v) is 7.36. The summed E-state index contributed by atoms with van der Waals surface area (Å²) in [5, 5.41) is 23.5. The molecule has 2 rings (SSSR count). The molecule has 0 fully saturated rings. The van der Waals surface area contributed by atoms with Crippen molar-refractivity contribution < 1.29 is 10.2 Å². The first-order chi connectivity index (χ1) is 9.94. The molecule has 0 amide bonds. The summed E-state index contributed by atoms with van der Waals surface area (Å²) in [6.07, 6.45) is 2.96. The van der Waals surface area contributed by atoms with E-state index in [2.05, 4.69) is 36.3 Å². The molecule has 0 unspecified atom stereocenters. The number of benzene rings is 1. The molecular weight excluding hydrogens is 264 g/mol. The number of rotatable bonds is 6. The molecule has 1 heterocycles. The number of aromatic nitrogens is 1. The van der Waals surface area contributed by atoms with Crippen molar-refractivity contribution in [2.75, 3.05) is 18.5 Å². The highest BCUT2D eigenvalue weighted by Crippen LogP contribution is 2.26. The third kappa shape index (κ3) is 3.71. The Morgan fingerprint density at radius 1 is 1.24 bits per heavy atom. The second kappa shape index (κ2) is 6.41. The van der Waals surface area contributed by atoms with Gasteiger partial charge in [0.1, 0.15) is 0 Å². The van der Waals surface area contributed by atoms with Crippen LogP contribution in [-0.2, 0) is 0 Å². The number of pyridine rings is 1. The maximum Gasteiger partial charge on any atom is 0.0792 e. The molecule has 0 bridgehead atoms. The maximum absolute atomic E-state index is 10.3. The van der Waals surface area contributed by atoms with Gasteiger partial charge in [-0.1, -0.05) is 12.1 Å². The van der Waals surface area contributed by atoms with E-state index >= 15 is 0 Å². The summed E-state index contributed by atoms with van der Waals surface area (Å²) in [5.41, 5.74) is 3.55. The fourth-order valence-electron chi connectivity index (χ4n) is 2.45. The van der Waals surface area contributed by atoms with Crippen LogP contribution in [0, 0.1) is 13.8 Å². The van der Waals surface area contributed by atoms with Gasteiger partial charge < -0.3 is 15.5 Å². The maximum atomic E-state index is 10.3. The predicted octanol–water partition coefficient (Wildman–Crippen LogP) is 2.79. The Morgan fingerprint density at radius 2 is 2.00 bits per heavy atom. The van der Waals surface area contributed by atoms with Gasteiger partial charge in [0.05, 0.1) is 11.1 Å². The number of fused-ring (bicyclic) bond motifs is 1. The van der Waals surface area contributed by atoms with Gasteiger partial charge in [-0.3, -0.25) is 4.98 Å². The lowest BCUT2D eigenvalue weighted by Gasteiger charge is -2.24. The van der Waals surface area contributed by atoms with Crippen molar-refractivity contribution in [2.24, 2.45) is 0 Å². The van der Waals surface area contributed by atoms with Gasteiger partial charge in [-0.05, 0) is 50.8 Å². The molecular formula is C17H24N2O2. The number of aryl methyl sites for hydroxylation is 2. The molecule has 0 saturated heterocycles. The minimum absolute atomic E-state index is 0.104. The smallest absolute Gasteiger partial charge is 0.0792 e. The Kier molecular flexibility index (Phi) is 4.80. The van der Waals surface area contributed by atoms with Crippen LogP contribution in [0.25, 0.3) is 10.9 Å². The summed E-state index contributed by atoms with van der Waals surface area (Å²) in [6, 6.07) is 6.09. The van der Waals surface area contributed by atoms with Crippen LogP contribution in [0.2, 0.25) is 0 Å². The van der Waals surface area contributed by atoms with E-state index in [0.717, 1.165) is 16.6 Å². The normalized spacial score (nSPS) is 14.1. The summed E-state index contributed by atoms with van der Waals surface area (Å²) in [5.74, 6) is 0. The number of nitrogens with one attached hydrogen (secondary N) is 1. The zero-order valence-corrected chi connectivity index (χ0v) is 13.0. The Morgan fingerprint density at radius 3 is 2.71 bits per heavy atom. The van der Waals surface area contributed by atoms with E-state index in [-0.39, 0.29) is 6.61 Å². The number of hydrogen-bond acceptors (Lipinski definition) is 4. The number of anilines is 1. The van der Waals surface area contributed by atoms with Crippen LogP contribution in [0.5, 0.6) is 0 Å². The van der Waals surface area contributed by atoms with Crippen molar-refractivity contribution in [2.45, 2.75) is 39.2 Å². The Balaban J connectivity index is 2.21. The third-order valence-corrected chi connectivity index (χ3v) is 3.97. The highest BCUT2D eigenvalue weighted by molar-refractivity contribution is 5.93. The lowest BCUT2D eigenvalue weighted by molar-refractivity contribution is 0.0566. The van der Waals surface area contributed by atoms with E-state index in [1.807, 2.05) is 6.07 Å². The molecule has 4 nitrogen and oxygen atoms in total. The largest absolute Gasteiger partial charge is 0.396 e. The molecule has 2 aromatic rings. The fraction of sp³-hybridized carbons (Fsp3) is 0.471. The average molecular weight is 288 g/mol.